The summed E-state index contributed by atoms with van der Waals surface area (Å²) in [7, 11) is 0. The Kier molecular flexibility index (Phi) is 6.78. The van der Waals surface area contributed by atoms with Crippen LogP contribution in [-0.2, 0) is 4.74 Å². The lowest BCUT2D eigenvalue weighted by Crippen LogP contribution is -2.39. The minimum atomic E-state index is 0. The van der Waals surface area contributed by atoms with Gasteiger partial charge in [0, 0.05) is 31.7 Å². The van der Waals surface area contributed by atoms with Gasteiger partial charge in [-0.05, 0) is 30.7 Å². The maximum atomic E-state index is 9.91. The van der Waals surface area contributed by atoms with E-state index in [1.165, 1.54) is 0 Å². The molecule has 2 heterocycles. The zero-order valence-electron chi connectivity index (χ0n) is 13.7. The molecule has 1 aromatic heterocycles. The molecule has 0 unspecified atom stereocenters. The summed E-state index contributed by atoms with van der Waals surface area (Å²) < 4.78 is 5.34. The minimum Gasteiger partial charge on any atom is -0.507 e. The van der Waals surface area contributed by atoms with Gasteiger partial charge in [-0.15, -0.1) is 22.6 Å². The lowest BCUT2D eigenvalue weighted by molar-refractivity contribution is 0.0398. The van der Waals surface area contributed by atoms with Crippen molar-refractivity contribution in [3.05, 3.63) is 35.9 Å². The van der Waals surface area contributed by atoms with Gasteiger partial charge in [0.25, 0.3) is 0 Å². The first-order valence-corrected chi connectivity index (χ1v) is 7.91. The fourth-order valence-electron chi connectivity index (χ4n) is 2.64. The zero-order valence-corrected chi connectivity index (χ0v) is 14.6. The number of hydrogen-bond acceptors (Lipinski definition) is 6. The molecule has 1 fully saturated rings. The number of morpholine rings is 1. The van der Waals surface area contributed by atoms with Crippen LogP contribution >= 0.6 is 12.4 Å². The van der Waals surface area contributed by atoms with E-state index in [2.05, 4.69) is 20.4 Å². The number of hydrogen-bond donors (Lipinski definition) is 2. The summed E-state index contributed by atoms with van der Waals surface area (Å²) in [4.78, 5) is 2.37. The van der Waals surface area contributed by atoms with E-state index < -0.39 is 0 Å². The summed E-state index contributed by atoms with van der Waals surface area (Å²) >= 11 is 0. The molecule has 1 saturated heterocycles. The summed E-state index contributed by atoms with van der Waals surface area (Å²) in [5.74, 6) is 1.01. The zero-order chi connectivity index (χ0) is 16.1. The van der Waals surface area contributed by atoms with Crippen LogP contribution in [0.25, 0.3) is 11.3 Å². The molecule has 0 radical (unpaired) electrons. The van der Waals surface area contributed by atoms with Gasteiger partial charge in [-0.1, -0.05) is 12.1 Å². The van der Waals surface area contributed by atoms with Crippen LogP contribution < -0.4 is 5.32 Å². The van der Waals surface area contributed by atoms with Gasteiger partial charge in [-0.25, -0.2) is 0 Å². The fourth-order valence-corrected chi connectivity index (χ4v) is 2.64. The predicted molar refractivity (Wildman–Crippen MR) is 96.9 cm³/mol. The van der Waals surface area contributed by atoms with Gasteiger partial charge >= 0.3 is 0 Å². The second kappa shape index (κ2) is 8.82. The average molecular weight is 351 g/mol. The Labute approximate surface area is 148 Å². The molecule has 0 spiro atoms. The standard InChI is InChI=1S/C17H22N4O2.ClH/c1-13-12-15(14-4-2-3-5-16(14)22)19-20-17(13)18-6-7-21-8-10-23-11-9-21;/h2-5,12,22H,6-11H2,1H3,(H,18,20);1H. The maximum Gasteiger partial charge on any atom is 0.151 e. The second-order valence-electron chi connectivity index (χ2n) is 5.66. The van der Waals surface area contributed by atoms with Crippen molar-refractivity contribution >= 4 is 18.2 Å². The molecule has 2 N–H and O–H groups in total. The number of halogens is 1. The molecule has 1 aromatic carbocycles. The highest BCUT2D eigenvalue weighted by Gasteiger charge is 2.11. The lowest BCUT2D eigenvalue weighted by atomic mass is 10.1. The van der Waals surface area contributed by atoms with Crippen molar-refractivity contribution < 1.29 is 9.84 Å². The molecule has 0 saturated carbocycles. The van der Waals surface area contributed by atoms with Crippen molar-refractivity contribution in [2.24, 2.45) is 0 Å². The summed E-state index contributed by atoms with van der Waals surface area (Å²) in [6.07, 6.45) is 0. The Morgan fingerprint density at radius 3 is 2.67 bits per heavy atom. The third-order valence-corrected chi connectivity index (χ3v) is 3.99. The largest absolute Gasteiger partial charge is 0.507 e. The van der Waals surface area contributed by atoms with Crippen molar-refractivity contribution in [1.29, 1.82) is 0 Å². The number of phenolic OH excluding ortho intramolecular Hbond substituents is 1. The van der Waals surface area contributed by atoms with Gasteiger partial charge in [0.15, 0.2) is 5.82 Å². The van der Waals surface area contributed by atoms with Gasteiger partial charge in [0.2, 0.25) is 0 Å². The van der Waals surface area contributed by atoms with Crippen molar-refractivity contribution in [2.45, 2.75) is 6.92 Å². The predicted octanol–water partition coefficient (Wildman–Crippen LogP) is 2.32. The van der Waals surface area contributed by atoms with Crippen LogP contribution in [0.3, 0.4) is 0 Å². The van der Waals surface area contributed by atoms with Gasteiger partial charge in [0.1, 0.15) is 5.75 Å². The summed E-state index contributed by atoms with van der Waals surface area (Å²) in [5.41, 5.74) is 2.39. The molecule has 24 heavy (non-hydrogen) atoms. The number of ether oxygens (including phenoxy) is 1. The third kappa shape index (κ3) is 4.56. The van der Waals surface area contributed by atoms with Crippen molar-refractivity contribution in [3.8, 4) is 17.0 Å². The number of benzene rings is 1. The Morgan fingerprint density at radius 2 is 1.96 bits per heavy atom. The summed E-state index contributed by atoms with van der Waals surface area (Å²) in [5, 5.41) is 21.7. The van der Waals surface area contributed by atoms with E-state index in [0.29, 0.717) is 11.3 Å². The summed E-state index contributed by atoms with van der Waals surface area (Å²) in [6, 6.07) is 9.10. The number of aromatic nitrogens is 2. The van der Waals surface area contributed by atoms with E-state index >= 15 is 0 Å². The molecule has 1 aliphatic heterocycles. The monoisotopic (exact) mass is 350 g/mol. The number of anilines is 1. The smallest absolute Gasteiger partial charge is 0.151 e. The van der Waals surface area contributed by atoms with Crippen molar-refractivity contribution in [1.82, 2.24) is 15.1 Å². The van der Waals surface area contributed by atoms with Crippen LogP contribution in [0.2, 0.25) is 0 Å². The molecule has 130 valence electrons. The Morgan fingerprint density at radius 1 is 1.21 bits per heavy atom. The first-order chi connectivity index (χ1) is 11.2. The number of rotatable bonds is 5. The van der Waals surface area contributed by atoms with Crippen LogP contribution in [0.15, 0.2) is 30.3 Å². The van der Waals surface area contributed by atoms with E-state index in [9.17, 15) is 5.11 Å². The first kappa shape index (κ1) is 18.4. The van der Waals surface area contributed by atoms with Gasteiger partial charge in [-0.2, -0.15) is 0 Å². The first-order valence-electron chi connectivity index (χ1n) is 7.91. The van der Waals surface area contributed by atoms with Crippen LogP contribution in [0.4, 0.5) is 5.82 Å². The van der Waals surface area contributed by atoms with Gasteiger partial charge < -0.3 is 15.2 Å². The molecule has 0 aliphatic carbocycles. The highest BCUT2D eigenvalue weighted by molar-refractivity contribution is 5.85. The number of para-hydroxylation sites is 1. The normalized spacial score (nSPS) is 14.9. The molecule has 0 atom stereocenters. The third-order valence-electron chi connectivity index (χ3n) is 3.99. The fraction of sp³-hybridized carbons (Fsp3) is 0.412. The van der Waals surface area contributed by atoms with Crippen molar-refractivity contribution in [3.63, 3.8) is 0 Å². The number of aryl methyl sites for hydroxylation is 1. The molecule has 1 aliphatic rings. The second-order valence-corrected chi connectivity index (χ2v) is 5.66. The van der Waals surface area contributed by atoms with Crippen LogP contribution in [0.5, 0.6) is 5.75 Å². The molecule has 0 bridgehead atoms. The van der Waals surface area contributed by atoms with Crippen LogP contribution in [0.1, 0.15) is 5.56 Å². The van der Waals surface area contributed by atoms with Crippen LogP contribution in [-0.4, -0.2) is 59.6 Å². The highest BCUT2D eigenvalue weighted by atomic mass is 35.5. The molecule has 6 nitrogen and oxygen atoms in total. The molecule has 0 amide bonds. The molecule has 3 rings (SSSR count). The van der Waals surface area contributed by atoms with Crippen molar-refractivity contribution in [2.75, 3.05) is 44.7 Å². The Balaban J connectivity index is 0.00000208. The molecular weight excluding hydrogens is 328 g/mol. The van der Waals surface area contributed by atoms with E-state index in [-0.39, 0.29) is 18.2 Å². The van der Waals surface area contributed by atoms with Gasteiger partial charge in [-0.3, -0.25) is 4.90 Å². The molecular formula is C17H23ClN4O2. The number of phenols is 1. The van der Waals surface area contributed by atoms with E-state index in [4.69, 9.17) is 4.74 Å². The highest BCUT2D eigenvalue weighted by Crippen LogP contribution is 2.28. The van der Waals surface area contributed by atoms with Gasteiger partial charge in [0.05, 0.1) is 18.9 Å². The number of nitrogens with zero attached hydrogens (tertiary/aromatic N) is 3. The molecule has 2 aromatic rings. The number of nitrogens with one attached hydrogen (secondary N) is 1. The number of aromatic hydroxyl groups is 1. The lowest BCUT2D eigenvalue weighted by Gasteiger charge is -2.26. The average Bonchev–Trinajstić information content (AvgIpc) is 2.58. The van der Waals surface area contributed by atoms with Crippen LogP contribution in [0, 0.1) is 6.92 Å². The summed E-state index contributed by atoms with van der Waals surface area (Å²) in [6.45, 7) is 7.38. The van der Waals surface area contributed by atoms with E-state index in [1.807, 2.05) is 25.1 Å². The SMILES string of the molecule is Cc1cc(-c2ccccc2O)nnc1NCCN1CCOCC1.Cl. The maximum absolute atomic E-state index is 9.91. The molecule has 7 heteroatoms. The quantitative estimate of drug-likeness (QED) is 0.862. The topological polar surface area (TPSA) is 70.5 Å². The van der Waals surface area contributed by atoms with E-state index in [1.54, 1.807) is 12.1 Å². The Hall–Kier alpha value is -1.89. The Bertz CT molecular complexity index is 663. The van der Waals surface area contributed by atoms with E-state index in [0.717, 1.165) is 50.8 Å². The minimum absolute atomic E-state index is 0.